The maximum atomic E-state index is 12.6. The van der Waals surface area contributed by atoms with Gasteiger partial charge >= 0.3 is 0 Å². The third-order valence-corrected chi connectivity index (χ3v) is 6.10. The number of amides is 1. The van der Waals surface area contributed by atoms with E-state index in [0.29, 0.717) is 11.4 Å². The number of likely N-dealkylation sites (N-methyl/N-ethyl adjacent to an activating group) is 1. The van der Waals surface area contributed by atoms with Crippen LogP contribution in [-0.2, 0) is 27.8 Å². The van der Waals surface area contributed by atoms with Gasteiger partial charge in [-0.3, -0.25) is 4.79 Å². The number of anilines is 1. The van der Waals surface area contributed by atoms with Crippen LogP contribution in [0.1, 0.15) is 17.0 Å². The summed E-state index contributed by atoms with van der Waals surface area (Å²) < 4.78 is 32.8. The molecule has 0 unspecified atom stereocenters. The maximum absolute atomic E-state index is 12.6. The highest BCUT2D eigenvalue weighted by atomic mass is 32.2. The Hall–Kier alpha value is -3.04. The average molecular weight is 398 g/mol. The number of nitrogens with one attached hydrogen (secondary N) is 1. The Kier molecular flexibility index (Phi) is 4.48. The van der Waals surface area contributed by atoms with Gasteiger partial charge in [0.15, 0.2) is 0 Å². The van der Waals surface area contributed by atoms with Crippen molar-refractivity contribution in [1.82, 2.24) is 14.9 Å². The van der Waals surface area contributed by atoms with Gasteiger partial charge in [0, 0.05) is 18.3 Å². The number of nitrogens with zero attached hydrogens (tertiary/aromatic N) is 3. The van der Waals surface area contributed by atoms with Crippen LogP contribution >= 0.6 is 0 Å². The maximum Gasteiger partial charge on any atom is 0.242 e. The Bertz CT molecular complexity index is 1170. The lowest BCUT2D eigenvalue weighted by Gasteiger charge is -2.11. The van der Waals surface area contributed by atoms with Crippen molar-refractivity contribution in [2.45, 2.75) is 24.8 Å². The standard InChI is InChI=1S/C19H18N4O4S/c1-12-5-3-4-6-15(12)19-21-17(27-22-19)11-20-28(25,26)14-7-8-16-13(9-14)10-18(24)23(16)2/h3-9,20H,10-11H2,1-2H3. The number of hydrogen-bond donors (Lipinski definition) is 1. The highest BCUT2D eigenvalue weighted by Crippen LogP contribution is 2.29. The Labute approximate surface area is 162 Å². The zero-order chi connectivity index (χ0) is 19.9. The van der Waals surface area contributed by atoms with Crippen LogP contribution in [0.3, 0.4) is 0 Å². The summed E-state index contributed by atoms with van der Waals surface area (Å²) in [6.07, 6.45) is 0.193. The van der Waals surface area contributed by atoms with Gasteiger partial charge in [-0.1, -0.05) is 29.4 Å². The smallest absolute Gasteiger partial charge is 0.242 e. The van der Waals surface area contributed by atoms with Crippen LogP contribution in [0.5, 0.6) is 0 Å². The van der Waals surface area contributed by atoms with E-state index < -0.39 is 10.0 Å². The summed E-state index contributed by atoms with van der Waals surface area (Å²) >= 11 is 0. The lowest BCUT2D eigenvalue weighted by molar-refractivity contribution is -0.117. The number of aryl methyl sites for hydroxylation is 1. The van der Waals surface area contributed by atoms with E-state index >= 15 is 0 Å². The van der Waals surface area contributed by atoms with Crippen LogP contribution in [0.2, 0.25) is 0 Å². The number of sulfonamides is 1. The van der Waals surface area contributed by atoms with Crippen molar-refractivity contribution in [3.8, 4) is 11.4 Å². The molecular weight excluding hydrogens is 380 g/mol. The number of hydrogen-bond acceptors (Lipinski definition) is 6. The number of carbonyl (C=O) groups is 1. The monoisotopic (exact) mass is 398 g/mol. The molecule has 0 saturated heterocycles. The number of rotatable bonds is 5. The highest BCUT2D eigenvalue weighted by Gasteiger charge is 2.26. The molecule has 4 rings (SSSR count). The zero-order valence-electron chi connectivity index (χ0n) is 15.3. The highest BCUT2D eigenvalue weighted by molar-refractivity contribution is 7.89. The first-order valence-corrected chi connectivity index (χ1v) is 10.1. The van der Waals surface area contributed by atoms with Crippen LogP contribution in [0.15, 0.2) is 51.9 Å². The molecule has 0 fully saturated rings. The second-order valence-electron chi connectivity index (χ2n) is 6.57. The molecule has 0 radical (unpaired) electrons. The van der Waals surface area contributed by atoms with Crippen LogP contribution in [0.4, 0.5) is 5.69 Å². The Morgan fingerprint density at radius 2 is 2.00 bits per heavy atom. The second kappa shape index (κ2) is 6.84. The van der Waals surface area contributed by atoms with Crippen molar-refractivity contribution in [1.29, 1.82) is 0 Å². The van der Waals surface area contributed by atoms with Crippen molar-refractivity contribution in [3.63, 3.8) is 0 Å². The summed E-state index contributed by atoms with van der Waals surface area (Å²) in [5, 5.41) is 3.92. The number of aromatic nitrogens is 2. The molecule has 3 aromatic rings. The quantitative estimate of drug-likeness (QED) is 0.705. The molecule has 2 aromatic carbocycles. The summed E-state index contributed by atoms with van der Waals surface area (Å²) in [6.45, 7) is 1.81. The van der Waals surface area contributed by atoms with E-state index in [0.717, 1.165) is 16.8 Å². The van der Waals surface area contributed by atoms with Crippen molar-refractivity contribution in [2.24, 2.45) is 0 Å². The lowest BCUT2D eigenvalue weighted by Crippen LogP contribution is -2.23. The summed E-state index contributed by atoms with van der Waals surface area (Å²) in [6, 6.07) is 12.2. The van der Waals surface area contributed by atoms with E-state index in [1.54, 1.807) is 13.1 Å². The molecule has 1 amide bonds. The zero-order valence-corrected chi connectivity index (χ0v) is 16.2. The van der Waals surface area contributed by atoms with Gasteiger partial charge in [0.25, 0.3) is 0 Å². The fraction of sp³-hybridized carbons (Fsp3) is 0.211. The summed E-state index contributed by atoms with van der Waals surface area (Å²) in [5.74, 6) is 0.511. The molecule has 0 aliphatic carbocycles. The summed E-state index contributed by atoms with van der Waals surface area (Å²) in [4.78, 5) is 17.6. The van der Waals surface area contributed by atoms with Gasteiger partial charge in [0.05, 0.1) is 17.9 Å². The molecule has 1 aromatic heterocycles. The Balaban J connectivity index is 1.50. The fourth-order valence-corrected chi connectivity index (χ4v) is 4.14. The fourth-order valence-electron chi connectivity index (χ4n) is 3.11. The van der Waals surface area contributed by atoms with Crippen LogP contribution < -0.4 is 9.62 Å². The van der Waals surface area contributed by atoms with Crippen molar-refractivity contribution >= 4 is 21.6 Å². The molecule has 2 heterocycles. The van der Waals surface area contributed by atoms with Gasteiger partial charge < -0.3 is 9.42 Å². The van der Waals surface area contributed by atoms with Crippen LogP contribution in [0, 0.1) is 6.92 Å². The topological polar surface area (TPSA) is 105 Å². The summed E-state index contributed by atoms with van der Waals surface area (Å²) in [7, 11) is -2.12. The molecule has 9 heteroatoms. The number of carbonyl (C=O) groups excluding carboxylic acids is 1. The van der Waals surface area contributed by atoms with Crippen molar-refractivity contribution < 1.29 is 17.7 Å². The SMILES string of the molecule is Cc1ccccc1-c1noc(CNS(=O)(=O)c2ccc3c(c2)CC(=O)N3C)n1. The van der Waals surface area contributed by atoms with Crippen molar-refractivity contribution in [3.05, 3.63) is 59.5 Å². The van der Waals surface area contributed by atoms with E-state index in [2.05, 4.69) is 14.9 Å². The molecule has 0 bridgehead atoms. The van der Waals surface area contributed by atoms with E-state index in [1.165, 1.54) is 17.0 Å². The summed E-state index contributed by atoms with van der Waals surface area (Å²) in [5.41, 5.74) is 3.24. The molecule has 1 N–H and O–H groups in total. The molecule has 8 nitrogen and oxygen atoms in total. The van der Waals surface area contributed by atoms with Crippen molar-refractivity contribution in [2.75, 3.05) is 11.9 Å². The van der Waals surface area contributed by atoms with Gasteiger partial charge in [-0.15, -0.1) is 0 Å². The molecular formula is C19H18N4O4S. The Morgan fingerprint density at radius 1 is 1.21 bits per heavy atom. The molecule has 0 saturated carbocycles. The molecule has 28 heavy (non-hydrogen) atoms. The van der Waals surface area contributed by atoms with E-state index in [9.17, 15) is 13.2 Å². The third kappa shape index (κ3) is 3.30. The molecule has 144 valence electrons. The predicted octanol–water partition coefficient (Wildman–Crippen LogP) is 2.04. The third-order valence-electron chi connectivity index (χ3n) is 4.71. The molecule has 1 aliphatic rings. The van der Waals surface area contributed by atoms with Gasteiger partial charge in [0.1, 0.15) is 0 Å². The average Bonchev–Trinajstić information content (AvgIpc) is 3.25. The van der Waals surface area contributed by atoms with Crippen LogP contribution in [-0.4, -0.2) is 31.5 Å². The predicted molar refractivity (Wildman–Crippen MR) is 102 cm³/mol. The Morgan fingerprint density at radius 3 is 2.79 bits per heavy atom. The van der Waals surface area contributed by atoms with Crippen LogP contribution in [0.25, 0.3) is 11.4 Å². The normalized spacial score (nSPS) is 13.8. The minimum absolute atomic E-state index is 0.0629. The van der Waals surface area contributed by atoms with E-state index in [4.69, 9.17) is 4.52 Å². The number of benzene rings is 2. The van der Waals surface area contributed by atoms with Gasteiger partial charge in [-0.05, 0) is 36.2 Å². The van der Waals surface area contributed by atoms with E-state index in [1.807, 2.05) is 31.2 Å². The first kappa shape index (κ1) is 18.3. The first-order valence-electron chi connectivity index (χ1n) is 8.63. The first-order chi connectivity index (χ1) is 13.3. The van der Waals surface area contributed by atoms with Gasteiger partial charge in [-0.2, -0.15) is 4.98 Å². The van der Waals surface area contributed by atoms with Gasteiger partial charge in [0.2, 0.25) is 27.6 Å². The second-order valence-corrected chi connectivity index (χ2v) is 8.34. The largest absolute Gasteiger partial charge is 0.338 e. The molecule has 1 aliphatic heterocycles. The minimum Gasteiger partial charge on any atom is -0.338 e. The minimum atomic E-state index is -3.79. The number of fused-ring (bicyclic) bond motifs is 1. The van der Waals surface area contributed by atoms with Gasteiger partial charge in [-0.25, -0.2) is 13.1 Å². The lowest BCUT2D eigenvalue weighted by atomic mass is 10.1. The molecule has 0 atom stereocenters. The molecule has 0 spiro atoms. The van der Waals surface area contributed by atoms with E-state index in [-0.39, 0.29) is 29.7 Å².